The summed E-state index contributed by atoms with van der Waals surface area (Å²) in [5.74, 6) is -1.99. The van der Waals surface area contributed by atoms with Crippen LogP contribution in [-0.4, -0.2) is 34.1 Å². The van der Waals surface area contributed by atoms with Crippen molar-refractivity contribution in [3.05, 3.63) is 35.4 Å². The maximum atomic E-state index is 12.0. The van der Waals surface area contributed by atoms with Gasteiger partial charge >= 0.3 is 11.9 Å². The number of aromatic carboxylic acids is 1. The zero-order valence-corrected chi connectivity index (χ0v) is 12.8. The predicted octanol–water partition coefficient (Wildman–Crippen LogP) is 2.08. The minimum Gasteiger partial charge on any atom is -0.480 e. The van der Waals surface area contributed by atoms with Crippen LogP contribution >= 0.6 is 0 Å². The Morgan fingerprint density at radius 3 is 2.22 bits per heavy atom. The molecule has 1 fully saturated rings. The average molecular weight is 319 g/mol. The minimum atomic E-state index is -1.09. The van der Waals surface area contributed by atoms with Crippen molar-refractivity contribution in [3.63, 3.8) is 0 Å². The Kier molecular flexibility index (Phi) is 5.73. The number of nitrogens with one attached hydrogen (secondary N) is 1. The van der Waals surface area contributed by atoms with Crippen LogP contribution in [0.4, 0.5) is 0 Å². The number of hydrogen-bond acceptors (Lipinski definition) is 3. The second-order valence-corrected chi connectivity index (χ2v) is 6.02. The van der Waals surface area contributed by atoms with E-state index in [-0.39, 0.29) is 17.9 Å². The molecular weight excluding hydrogens is 298 g/mol. The first kappa shape index (κ1) is 17.0. The van der Waals surface area contributed by atoms with Crippen LogP contribution in [0.25, 0.3) is 0 Å². The van der Waals surface area contributed by atoms with E-state index in [4.69, 9.17) is 5.11 Å². The highest BCUT2D eigenvalue weighted by Crippen LogP contribution is 2.27. The van der Waals surface area contributed by atoms with E-state index < -0.39 is 18.0 Å². The third kappa shape index (κ3) is 5.09. The van der Waals surface area contributed by atoms with Gasteiger partial charge in [0.25, 0.3) is 0 Å². The first-order valence-electron chi connectivity index (χ1n) is 7.80. The summed E-state index contributed by atoms with van der Waals surface area (Å²) in [6, 6.07) is 5.00. The molecule has 1 amide bonds. The molecule has 0 saturated heterocycles. The van der Waals surface area contributed by atoms with Crippen LogP contribution in [0.2, 0.25) is 0 Å². The average Bonchev–Trinajstić information content (AvgIpc) is 2.99. The minimum absolute atomic E-state index is 0.131. The Hall–Kier alpha value is -2.37. The van der Waals surface area contributed by atoms with Crippen LogP contribution in [0, 0.1) is 5.92 Å². The van der Waals surface area contributed by atoms with Gasteiger partial charge in [-0.15, -0.1) is 0 Å². The third-order valence-corrected chi connectivity index (χ3v) is 4.22. The number of carboxylic acids is 2. The molecule has 1 aliphatic rings. The highest BCUT2D eigenvalue weighted by molar-refractivity contribution is 5.87. The Morgan fingerprint density at radius 2 is 1.70 bits per heavy atom. The standard InChI is InChI=1S/C17H21NO5/c19-15(10-11-3-1-2-4-11)18-14(17(22)23)9-12-5-7-13(8-6-12)16(20)21/h5-8,11,14H,1-4,9-10H2,(H,18,19)(H,20,21)(H,22,23)/t14-/m1/s1. The Morgan fingerprint density at radius 1 is 1.09 bits per heavy atom. The van der Waals surface area contributed by atoms with Gasteiger partial charge in [-0.25, -0.2) is 9.59 Å². The molecule has 0 spiro atoms. The van der Waals surface area contributed by atoms with E-state index in [1.54, 1.807) is 12.1 Å². The summed E-state index contributed by atoms with van der Waals surface area (Å²) < 4.78 is 0. The fourth-order valence-electron chi connectivity index (χ4n) is 2.95. The zero-order valence-electron chi connectivity index (χ0n) is 12.8. The maximum Gasteiger partial charge on any atom is 0.335 e. The molecule has 124 valence electrons. The fourth-order valence-corrected chi connectivity index (χ4v) is 2.95. The Balaban J connectivity index is 1.93. The fraction of sp³-hybridized carbons (Fsp3) is 0.471. The molecule has 1 saturated carbocycles. The topological polar surface area (TPSA) is 104 Å². The quantitative estimate of drug-likeness (QED) is 0.714. The lowest BCUT2D eigenvalue weighted by atomic mass is 10.0. The van der Waals surface area contributed by atoms with E-state index in [1.807, 2.05) is 0 Å². The molecule has 0 heterocycles. The third-order valence-electron chi connectivity index (χ3n) is 4.22. The largest absolute Gasteiger partial charge is 0.480 e. The lowest BCUT2D eigenvalue weighted by molar-refractivity contribution is -0.141. The van der Waals surface area contributed by atoms with Gasteiger partial charge in [-0.3, -0.25) is 4.79 Å². The molecular formula is C17H21NO5. The van der Waals surface area contributed by atoms with Gasteiger partial charge in [-0.1, -0.05) is 25.0 Å². The van der Waals surface area contributed by atoms with E-state index in [9.17, 15) is 19.5 Å². The molecule has 1 aromatic rings. The van der Waals surface area contributed by atoms with Crippen LogP contribution in [0.3, 0.4) is 0 Å². The highest BCUT2D eigenvalue weighted by atomic mass is 16.4. The number of amides is 1. The molecule has 0 unspecified atom stereocenters. The molecule has 0 aromatic heterocycles. The molecule has 0 radical (unpaired) electrons. The van der Waals surface area contributed by atoms with Crippen molar-refractivity contribution < 1.29 is 24.6 Å². The first-order valence-corrected chi connectivity index (χ1v) is 7.80. The number of carbonyl (C=O) groups is 3. The van der Waals surface area contributed by atoms with Crippen molar-refractivity contribution >= 4 is 17.8 Å². The predicted molar refractivity (Wildman–Crippen MR) is 83.2 cm³/mol. The monoisotopic (exact) mass is 319 g/mol. The summed E-state index contributed by atoms with van der Waals surface area (Å²) in [7, 11) is 0. The van der Waals surface area contributed by atoms with E-state index in [1.165, 1.54) is 12.1 Å². The summed E-state index contributed by atoms with van der Waals surface area (Å²) >= 11 is 0. The lowest BCUT2D eigenvalue weighted by Gasteiger charge is -2.16. The number of carboxylic acid groups (broad SMARTS) is 2. The number of hydrogen-bond donors (Lipinski definition) is 3. The number of aliphatic carboxylic acids is 1. The van der Waals surface area contributed by atoms with Crippen molar-refractivity contribution in [2.75, 3.05) is 0 Å². The van der Waals surface area contributed by atoms with E-state index >= 15 is 0 Å². The van der Waals surface area contributed by atoms with Gasteiger partial charge in [0.1, 0.15) is 6.04 Å². The van der Waals surface area contributed by atoms with Crippen LogP contribution in [-0.2, 0) is 16.0 Å². The maximum absolute atomic E-state index is 12.0. The van der Waals surface area contributed by atoms with Gasteiger partial charge in [0.15, 0.2) is 0 Å². The number of rotatable bonds is 7. The van der Waals surface area contributed by atoms with Crippen molar-refractivity contribution in [2.45, 2.75) is 44.6 Å². The van der Waals surface area contributed by atoms with Crippen LogP contribution < -0.4 is 5.32 Å². The Labute approximate surface area is 134 Å². The normalized spacial score (nSPS) is 16.0. The molecule has 1 atom stereocenters. The van der Waals surface area contributed by atoms with Crippen LogP contribution in [0.1, 0.15) is 48.0 Å². The van der Waals surface area contributed by atoms with Crippen molar-refractivity contribution in [2.24, 2.45) is 5.92 Å². The highest BCUT2D eigenvalue weighted by Gasteiger charge is 2.23. The molecule has 23 heavy (non-hydrogen) atoms. The van der Waals surface area contributed by atoms with Crippen LogP contribution in [0.15, 0.2) is 24.3 Å². The molecule has 1 aliphatic carbocycles. The van der Waals surface area contributed by atoms with E-state index in [0.29, 0.717) is 17.9 Å². The van der Waals surface area contributed by atoms with E-state index in [0.717, 1.165) is 25.7 Å². The number of benzene rings is 1. The summed E-state index contributed by atoms with van der Waals surface area (Å²) in [5.41, 5.74) is 0.814. The molecule has 1 aromatic carbocycles. The zero-order chi connectivity index (χ0) is 16.8. The van der Waals surface area contributed by atoms with Gasteiger partial charge < -0.3 is 15.5 Å². The first-order chi connectivity index (χ1) is 11.0. The molecule has 6 heteroatoms. The molecule has 2 rings (SSSR count). The second kappa shape index (κ2) is 7.76. The van der Waals surface area contributed by atoms with Gasteiger partial charge in [-0.2, -0.15) is 0 Å². The van der Waals surface area contributed by atoms with Gasteiger partial charge in [0.2, 0.25) is 5.91 Å². The second-order valence-electron chi connectivity index (χ2n) is 6.02. The molecule has 0 bridgehead atoms. The lowest BCUT2D eigenvalue weighted by Crippen LogP contribution is -2.42. The molecule has 6 nitrogen and oxygen atoms in total. The van der Waals surface area contributed by atoms with Crippen LogP contribution in [0.5, 0.6) is 0 Å². The molecule has 3 N–H and O–H groups in total. The number of carbonyl (C=O) groups excluding carboxylic acids is 1. The SMILES string of the molecule is O=C(CC1CCCC1)N[C@H](Cc1ccc(C(=O)O)cc1)C(=O)O. The summed E-state index contributed by atoms with van der Waals surface area (Å²) in [6.45, 7) is 0. The summed E-state index contributed by atoms with van der Waals surface area (Å²) in [6.07, 6.45) is 4.84. The van der Waals surface area contributed by atoms with Crippen molar-refractivity contribution in [1.82, 2.24) is 5.32 Å². The summed E-state index contributed by atoms with van der Waals surface area (Å²) in [5, 5.41) is 20.7. The Bertz CT molecular complexity index is 575. The van der Waals surface area contributed by atoms with Crippen molar-refractivity contribution in [3.8, 4) is 0 Å². The van der Waals surface area contributed by atoms with Crippen molar-refractivity contribution in [1.29, 1.82) is 0 Å². The summed E-state index contributed by atoms with van der Waals surface area (Å²) in [4.78, 5) is 34.1. The van der Waals surface area contributed by atoms with E-state index in [2.05, 4.69) is 5.32 Å². The van der Waals surface area contributed by atoms with Gasteiger partial charge in [-0.05, 0) is 36.5 Å². The molecule has 0 aliphatic heterocycles. The smallest absolute Gasteiger partial charge is 0.335 e. The van der Waals surface area contributed by atoms with Gasteiger partial charge in [0, 0.05) is 12.8 Å². The van der Waals surface area contributed by atoms with Gasteiger partial charge in [0.05, 0.1) is 5.56 Å².